The lowest BCUT2D eigenvalue weighted by Crippen LogP contribution is -2.51. The number of nitrogens with zero attached hydrogens (tertiary/aromatic N) is 3. The summed E-state index contributed by atoms with van der Waals surface area (Å²) in [6.45, 7) is 13.6. The third-order valence-corrected chi connectivity index (χ3v) is 6.58. The van der Waals surface area contributed by atoms with Crippen molar-refractivity contribution in [3.8, 4) is 11.5 Å². The molecule has 3 aliphatic rings. The molecule has 1 unspecified atom stereocenters. The van der Waals surface area contributed by atoms with Crippen molar-refractivity contribution in [2.24, 2.45) is 0 Å². The fourth-order valence-electron chi connectivity index (χ4n) is 4.88. The first-order chi connectivity index (χ1) is 14.1. The molecule has 1 saturated heterocycles. The van der Waals surface area contributed by atoms with Crippen LogP contribution in [0.1, 0.15) is 51.8 Å². The van der Waals surface area contributed by atoms with E-state index in [4.69, 9.17) is 4.74 Å². The predicted octanol–water partition coefficient (Wildman–Crippen LogP) is 4.80. The molecule has 2 aromatic carbocycles. The van der Waals surface area contributed by atoms with Gasteiger partial charge in [-0.2, -0.15) is 0 Å². The minimum absolute atomic E-state index is 0.122. The van der Waals surface area contributed by atoms with E-state index >= 15 is 0 Å². The van der Waals surface area contributed by atoms with E-state index in [1.54, 1.807) is 12.1 Å². The molecule has 0 amide bonds. The number of hydrogen-bond acceptors (Lipinski definition) is 5. The van der Waals surface area contributed by atoms with Crippen molar-refractivity contribution in [1.82, 2.24) is 10.0 Å². The number of benzene rings is 2. The molecule has 0 saturated carbocycles. The van der Waals surface area contributed by atoms with Crippen molar-refractivity contribution in [1.29, 1.82) is 0 Å². The molecular formula is C25H31N3O2. The Hall–Kier alpha value is -2.50. The molecule has 1 fully saturated rings. The van der Waals surface area contributed by atoms with Crippen molar-refractivity contribution >= 4 is 5.69 Å². The maximum Gasteiger partial charge on any atom is 0.129 e. The van der Waals surface area contributed by atoms with Gasteiger partial charge in [-0.05, 0) is 54.7 Å². The van der Waals surface area contributed by atoms with Crippen molar-refractivity contribution in [3.63, 3.8) is 0 Å². The zero-order valence-electron chi connectivity index (χ0n) is 18.5. The summed E-state index contributed by atoms with van der Waals surface area (Å²) in [5.41, 5.74) is 4.77. The van der Waals surface area contributed by atoms with Gasteiger partial charge >= 0.3 is 0 Å². The fraction of sp³-hybridized carbons (Fsp3) is 0.440. The molecule has 5 nitrogen and oxygen atoms in total. The Kier molecular flexibility index (Phi) is 4.21. The normalized spacial score (nSPS) is 23.3. The topological polar surface area (TPSA) is 39.2 Å². The zero-order chi connectivity index (χ0) is 21.3. The third-order valence-electron chi connectivity index (χ3n) is 6.58. The number of anilines is 1. The van der Waals surface area contributed by atoms with Gasteiger partial charge in [0.1, 0.15) is 17.1 Å². The van der Waals surface area contributed by atoms with E-state index in [0.29, 0.717) is 0 Å². The molecule has 3 heterocycles. The van der Waals surface area contributed by atoms with Gasteiger partial charge in [-0.1, -0.05) is 39.0 Å². The van der Waals surface area contributed by atoms with Crippen molar-refractivity contribution < 1.29 is 9.84 Å². The highest BCUT2D eigenvalue weighted by molar-refractivity contribution is 5.53. The van der Waals surface area contributed by atoms with Crippen LogP contribution in [0.25, 0.3) is 0 Å². The zero-order valence-corrected chi connectivity index (χ0v) is 18.5. The van der Waals surface area contributed by atoms with Gasteiger partial charge in [0.25, 0.3) is 0 Å². The standard InChI is InChI=1S/C25H31N3O2/c1-24(2,3)17-6-8-18(9-7-17)26-15-27-13-12-21-23(28(27)16-26)20-11-10-19(29)14-22(20)30-25(21,4)5/h6-12,14,23,29H,13,15-16H2,1-5H3. The van der Waals surface area contributed by atoms with Gasteiger partial charge in [-0.25, -0.2) is 10.0 Å². The van der Waals surface area contributed by atoms with Crippen molar-refractivity contribution in [2.45, 2.75) is 51.7 Å². The molecule has 0 spiro atoms. The molecule has 0 bridgehead atoms. The van der Waals surface area contributed by atoms with Crippen LogP contribution in [0.4, 0.5) is 5.69 Å². The molecule has 30 heavy (non-hydrogen) atoms. The largest absolute Gasteiger partial charge is 0.508 e. The van der Waals surface area contributed by atoms with E-state index in [1.807, 2.05) is 6.07 Å². The van der Waals surface area contributed by atoms with Gasteiger partial charge in [0.15, 0.2) is 0 Å². The van der Waals surface area contributed by atoms with Crippen molar-refractivity contribution in [2.75, 3.05) is 24.8 Å². The van der Waals surface area contributed by atoms with Crippen LogP contribution in [-0.4, -0.2) is 40.6 Å². The Bertz CT molecular complexity index is 1000. The van der Waals surface area contributed by atoms with E-state index in [2.05, 4.69) is 79.9 Å². The lowest BCUT2D eigenvalue weighted by Gasteiger charge is -2.47. The monoisotopic (exact) mass is 405 g/mol. The van der Waals surface area contributed by atoms with Crippen LogP contribution in [0.5, 0.6) is 11.5 Å². The van der Waals surface area contributed by atoms with E-state index < -0.39 is 5.60 Å². The van der Waals surface area contributed by atoms with Crippen LogP contribution in [0.15, 0.2) is 54.1 Å². The second-order valence-corrected chi connectivity index (χ2v) is 10.1. The van der Waals surface area contributed by atoms with Gasteiger partial charge in [-0.3, -0.25) is 0 Å². The quantitative estimate of drug-likeness (QED) is 0.691. The fourth-order valence-corrected chi connectivity index (χ4v) is 4.88. The number of ether oxygens (including phenoxy) is 1. The molecule has 0 radical (unpaired) electrons. The minimum Gasteiger partial charge on any atom is -0.508 e. The number of fused-ring (bicyclic) bond motifs is 5. The molecule has 5 rings (SSSR count). The minimum atomic E-state index is -0.403. The summed E-state index contributed by atoms with van der Waals surface area (Å²) < 4.78 is 6.29. The molecule has 1 N–H and O–H groups in total. The summed E-state index contributed by atoms with van der Waals surface area (Å²) in [5, 5.41) is 14.8. The summed E-state index contributed by atoms with van der Waals surface area (Å²) in [6.07, 6.45) is 2.32. The molecule has 0 aliphatic carbocycles. The maximum atomic E-state index is 9.99. The van der Waals surface area contributed by atoms with Gasteiger partial charge < -0.3 is 14.7 Å². The number of phenolic OH excluding ortho intramolecular Hbond substituents is 1. The average molecular weight is 406 g/mol. The highest BCUT2D eigenvalue weighted by Crippen LogP contribution is 2.50. The molecule has 0 aromatic heterocycles. The predicted molar refractivity (Wildman–Crippen MR) is 120 cm³/mol. The van der Waals surface area contributed by atoms with Crippen LogP contribution in [0.3, 0.4) is 0 Å². The highest BCUT2D eigenvalue weighted by atomic mass is 16.5. The van der Waals surface area contributed by atoms with Gasteiger partial charge in [0, 0.05) is 23.9 Å². The van der Waals surface area contributed by atoms with Gasteiger partial charge in [-0.15, -0.1) is 0 Å². The van der Waals surface area contributed by atoms with Crippen LogP contribution >= 0.6 is 0 Å². The number of phenols is 1. The summed E-state index contributed by atoms with van der Waals surface area (Å²) in [6, 6.07) is 14.6. The summed E-state index contributed by atoms with van der Waals surface area (Å²) in [7, 11) is 0. The van der Waals surface area contributed by atoms with Crippen molar-refractivity contribution in [3.05, 3.63) is 65.2 Å². The molecule has 5 heteroatoms. The lowest BCUT2D eigenvalue weighted by molar-refractivity contribution is -0.0297. The number of hydrazine groups is 1. The summed E-state index contributed by atoms with van der Waals surface area (Å²) in [5.74, 6) is 1.02. The van der Waals surface area contributed by atoms with E-state index in [-0.39, 0.29) is 17.2 Å². The Morgan fingerprint density at radius 1 is 1.03 bits per heavy atom. The Morgan fingerprint density at radius 2 is 1.77 bits per heavy atom. The molecule has 1 atom stereocenters. The molecule has 2 aromatic rings. The smallest absolute Gasteiger partial charge is 0.129 e. The number of rotatable bonds is 1. The van der Waals surface area contributed by atoms with E-state index in [9.17, 15) is 5.11 Å². The Balaban J connectivity index is 1.47. The summed E-state index contributed by atoms with van der Waals surface area (Å²) >= 11 is 0. The first-order valence-electron chi connectivity index (χ1n) is 10.7. The van der Waals surface area contributed by atoms with Gasteiger partial charge in [0.2, 0.25) is 0 Å². The maximum absolute atomic E-state index is 9.99. The van der Waals surface area contributed by atoms with Crippen LogP contribution in [0.2, 0.25) is 0 Å². The Labute approximate surface area is 179 Å². The molecular weight excluding hydrogens is 374 g/mol. The second-order valence-electron chi connectivity index (χ2n) is 10.1. The molecule has 3 aliphatic heterocycles. The van der Waals surface area contributed by atoms with Crippen LogP contribution in [-0.2, 0) is 5.41 Å². The van der Waals surface area contributed by atoms with Crippen LogP contribution < -0.4 is 9.64 Å². The first-order valence-corrected chi connectivity index (χ1v) is 10.7. The number of aromatic hydroxyl groups is 1. The SMILES string of the molecule is CC1(C)Oc2cc(O)ccc2C2C1=CCN1CN(c3ccc(C(C)(C)C)cc3)CN21. The third kappa shape index (κ3) is 3.08. The van der Waals surface area contributed by atoms with E-state index in [1.165, 1.54) is 16.8 Å². The van der Waals surface area contributed by atoms with E-state index in [0.717, 1.165) is 31.2 Å². The first kappa shape index (κ1) is 19.5. The highest BCUT2D eigenvalue weighted by Gasteiger charge is 2.47. The summed E-state index contributed by atoms with van der Waals surface area (Å²) in [4.78, 5) is 2.42. The number of hydrogen-bond donors (Lipinski definition) is 1. The average Bonchev–Trinajstić information content (AvgIpc) is 3.11. The van der Waals surface area contributed by atoms with Crippen LogP contribution in [0, 0.1) is 0 Å². The Morgan fingerprint density at radius 3 is 2.47 bits per heavy atom. The molecule has 158 valence electrons. The van der Waals surface area contributed by atoms with Gasteiger partial charge in [0.05, 0.1) is 19.4 Å². The lowest BCUT2D eigenvalue weighted by atomic mass is 9.82. The second kappa shape index (κ2) is 6.50.